The van der Waals surface area contributed by atoms with Crippen molar-refractivity contribution in [3.8, 4) is 0 Å². The fraction of sp³-hybridized carbons (Fsp3) is 1.00. The molecule has 1 saturated heterocycles. The van der Waals surface area contributed by atoms with Crippen molar-refractivity contribution in [2.75, 3.05) is 19.7 Å². The minimum Gasteiger partial charge on any atom is -0.394 e. The summed E-state index contributed by atoms with van der Waals surface area (Å²) in [4.78, 5) is 2.61. The quantitative estimate of drug-likeness (QED) is 0.712. The van der Waals surface area contributed by atoms with Crippen LogP contribution in [0.25, 0.3) is 0 Å². The van der Waals surface area contributed by atoms with Gasteiger partial charge < -0.3 is 15.3 Å². The summed E-state index contributed by atoms with van der Waals surface area (Å²) >= 11 is 0. The predicted molar refractivity (Wildman–Crippen MR) is 71.2 cm³/mol. The second-order valence-corrected chi connectivity index (χ2v) is 6.13. The second kappa shape index (κ2) is 5.68. The number of likely N-dealkylation sites (tertiary alicyclic amines) is 1. The maximum Gasteiger partial charge on any atom is 0.0611 e. The van der Waals surface area contributed by atoms with Crippen molar-refractivity contribution >= 4 is 0 Å². The first-order valence-corrected chi connectivity index (χ1v) is 7.29. The average Bonchev–Trinajstić information content (AvgIpc) is 3.01. The van der Waals surface area contributed by atoms with E-state index in [-0.39, 0.29) is 12.1 Å². The molecule has 1 saturated carbocycles. The molecule has 0 spiro atoms. The molecule has 0 aromatic carbocycles. The van der Waals surface area contributed by atoms with Gasteiger partial charge in [0.25, 0.3) is 0 Å². The first kappa shape index (κ1) is 13.3. The summed E-state index contributed by atoms with van der Waals surface area (Å²) in [7, 11) is 0. The zero-order valence-corrected chi connectivity index (χ0v) is 11.4. The Morgan fingerprint density at radius 3 is 2.71 bits per heavy atom. The van der Waals surface area contributed by atoms with Crippen molar-refractivity contribution in [3.63, 3.8) is 0 Å². The van der Waals surface area contributed by atoms with Gasteiger partial charge in [0, 0.05) is 24.2 Å². The van der Waals surface area contributed by atoms with E-state index in [9.17, 15) is 5.11 Å². The highest BCUT2D eigenvalue weighted by Crippen LogP contribution is 2.26. The van der Waals surface area contributed by atoms with Gasteiger partial charge in [0.2, 0.25) is 0 Å². The summed E-state index contributed by atoms with van der Waals surface area (Å²) in [6.07, 6.45) is 7.63. The van der Waals surface area contributed by atoms with E-state index in [2.05, 4.69) is 24.1 Å². The minimum atomic E-state index is -0.0674. The molecule has 17 heavy (non-hydrogen) atoms. The molecule has 2 aliphatic rings. The molecule has 0 amide bonds. The highest BCUT2D eigenvalue weighted by Gasteiger charge is 2.33. The Morgan fingerprint density at radius 1 is 1.35 bits per heavy atom. The molecule has 3 nitrogen and oxygen atoms in total. The van der Waals surface area contributed by atoms with Gasteiger partial charge >= 0.3 is 0 Å². The highest BCUT2D eigenvalue weighted by atomic mass is 16.3. The van der Waals surface area contributed by atoms with Crippen LogP contribution in [0.4, 0.5) is 0 Å². The summed E-state index contributed by atoms with van der Waals surface area (Å²) in [5.74, 6) is 0. The molecule has 1 aliphatic heterocycles. The molecule has 2 fully saturated rings. The van der Waals surface area contributed by atoms with Gasteiger partial charge in [-0.2, -0.15) is 0 Å². The molecule has 0 radical (unpaired) electrons. The molecule has 2 atom stereocenters. The van der Waals surface area contributed by atoms with Crippen LogP contribution in [0.1, 0.15) is 52.4 Å². The Bertz CT molecular complexity index is 242. The topological polar surface area (TPSA) is 35.5 Å². The van der Waals surface area contributed by atoms with Crippen molar-refractivity contribution in [1.82, 2.24) is 10.2 Å². The SMILES string of the molecule is CCC1CCCN1CCC(C)(CO)NC1CC1. The van der Waals surface area contributed by atoms with Crippen LogP contribution in [-0.4, -0.2) is 47.3 Å². The van der Waals surface area contributed by atoms with Gasteiger partial charge in [-0.15, -0.1) is 0 Å². The third kappa shape index (κ3) is 3.67. The van der Waals surface area contributed by atoms with Crippen LogP contribution in [0.5, 0.6) is 0 Å². The maximum atomic E-state index is 9.58. The van der Waals surface area contributed by atoms with Gasteiger partial charge in [0.1, 0.15) is 0 Å². The number of aliphatic hydroxyl groups excluding tert-OH is 1. The lowest BCUT2D eigenvalue weighted by atomic mass is 9.98. The fourth-order valence-corrected chi connectivity index (χ4v) is 2.96. The first-order valence-electron chi connectivity index (χ1n) is 7.29. The van der Waals surface area contributed by atoms with Crippen LogP contribution >= 0.6 is 0 Å². The van der Waals surface area contributed by atoms with Gasteiger partial charge in [0.15, 0.2) is 0 Å². The molecular formula is C14H28N2O. The Kier molecular flexibility index (Phi) is 4.45. The average molecular weight is 240 g/mol. The van der Waals surface area contributed by atoms with E-state index in [1.807, 2.05) is 0 Å². The normalized spacial score (nSPS) is 29.5. The summed E-state index contributed by atoms with van der Waals surface area (Å²) in [5.41, 5.74) is -0.0674. The van der Waals surface area contributed by atoms with Gasteiger partial charge in [-0.1, -0.05) is 6.92 Å². The molecule has 3 heteroatoms. The van der Waals surface area contributed by atoms with Gasteiger partial charge in [-0.3, -0.25) is 0 Å². The maximum absolute atomic E-state index is 9.58. The number of aliphatic hydroxyl groups is 1. The van der Waals surface area contributed by atoms with E-state index >= 15 is 0 Å². The van der Waals surface area contributed by atoms with Gasteiger partial charge in [-0.25, -0.2) is 0 Å². The van der Waals surface area contributed by atoms with E-state index in [1.165, 1.54) is 38.6 Å². The molecule has 0 aromatic rings. The van der Waals surface area contributed by atoms with Crippen molar-refractivity contribution in [2.45, 2.75) is 70.0 Å². The van der Waals surface area contributed by atoms with Crippen LogP contribution in [0.3, 0.4) is 0 Å². The zero-order chi connectivity index (χ0) is 12.3. The summed E-state index contributed by atoms with van der Waals surface area (Å²) in [5, 5.41) is 13.2. The van der Waals surface area contributed by atoms with E-state index in [0.29, 0.717) is 6.04 Å². The van der Waals surface area contributed by atoms with Crippen molar-refractivity contribution < 1.29 is 5.11 Å². The van der Waals surface area contributed by atoms with E-state index in [4.69, 9.17) is 0 Å². The van der Waals surface area contributed by atoms with Crippen LogP contribution in [0.15, 0.2) is 0 Å². The van der Waals surface area contributed by atoms with E-state index in [1.54, 1.807) is 0 Å². The lowest BCUT2D eigenvalue weighted by Gasteiger charge is -2.32. The molecular weight excluding hydrogens is 212 g/mol. The van der Waals surface area contributed by atoms with Crippen LogP contribution in [-0.2, 0) is 0 Å². The lowest BCUT2D eigenvalue weighted by Crippen LogP contribution is -2.49. The molecule has 0 bridgehead atoms. The summed E-state index contributed by atoms with van der Waals surface area (Å²) in [6.45, 7) is 7.10. The van der Waals surface area contributed by atoms with Gasteiger partial charge in [0.05, 0.1) is 6.61 Å². The number of nitrogens with zero attached hydrogens (tertiary/aromatic N) is 1. The van der Waals surface area contributed by atoms with Crippen LogP contribution < -0.4 is 5.32 Å². The van der Waals surface area contributed by atoms with Crippen molar-refractivity contribution in [1.29, 1.82) is 0 Å². The third-order valence-corrected chi connectivity index (χ3v) is 4.40. The highest BCUT2D eigenvalue weighted by molar-refractivity contribution is 4.93. The Morgan fingerprint density at radius 2 is 2.12 bits per heavy atom. The van der Waals surface area contributed by atoms with Crippen molar-refractivity contribution in [3.05, 3.63) is 0 Å². The molecule has 2 rings (SSSR count). The lowest BCUT2D eigenvalue weighted by molar-refractivity contribution is 0.139. The summed E-state index contributed by atoms with van der Waals surface area (Å²) in [6, 6.07) is 1.46. The summed E-state index contributed by atoms with van der Waals surface area (Å²) < 4.78 is 0. The Hall–Kier alpha value is -0.120. The van der Waals surface area contributed by atoms with Crippen LogP contribution in [0, 0.1) is 0 Å². The smallest absolute Gasteiger partial charge is 0.0611 e. The first-order chi connectivity index (χ1) is 8.17. The Labute approximate surface area is 106 Å². The molecule has 1 aliphatic carbocycles. The zero-order valence-electron chi connectivity index (χ0n) is 11.4. The minimum absolute atomic E-state index is 0.0674. The molecule has 2 N–H and O–H groups in total. The number of hydrogen-bond donors (Lipinski definition) is 2. The van der Waals surface area contributed by atoms with E-state index in [0.717, 1.165) is 19.0 Å². The standard InChI is InChI=1S/C14H28N2O/c1-3-13-5-4-9-16(13)10-8-14(2,11-17)15-12-6-7-12/h12-13,15,17H,3-11H2,1-2H3. The largest absolute Gasteiger partial charge is 0.394 e. The van der Waals surface area contributed by atoms with Gasteiger partial charge in [-0.05, 0) is 52.0 Å². The molecule has 1 heterocycles. The van der Waals surface area contributed by atoms with E-state index < -0.39 is 0 Å². The second-order valence-electron chi connectivity index (χ2n) is 6.13. The monoisotopic (exact) mass is 240 g/mol. The predicted octanol–water partition coefficient (Wildman–Crippen LogP) is 1.75. The van der Waals surface area contributed by atoms with Crippen molar-refractivity contribution in [2.24, 2.45) is 0 Å². The third-order valence-electron chi connectivity index (χ3n) is 4.40. The van der Waals surface area contributed by atoms with Crippen LogP contribution in [0.2, 0.25) is 0 Å². The molecule has 2 unspecified atom stereocenters. The molecule has 0 aromatic heterocycles. The number of rotatable bonds is 7. The fourth-order valence-electron chi connectivity index (χ4n) is 2.96. The number of hydrogen-bond acceptors (Lipinski definition) is 3. The number of nitrogens with one attached hydrogen (secondary N) is 1. The Balaban J connectivity index is 1.77. The molecule has 100 valence electrons.